The summed E-state index contributed by atoms with van der Waals surface area (Å²) in [6.45, 7) is 6.38. The van der Waals surface area contributed by atoms with Crippen LogP contribution in [0.3, 0.4) is 0 Å². The minimum absolute atomic E-state index is 0.167. The van der Waals surface area contributed by atoms with E-state index >= 15 is 0 Å². The van der Waals surface area contributed by atoms with E-state index in [-0.39, 0.29) is 6.04 Å². The van der Waals surface area contributed by atoms with E-state index in [0.717, 1.165) is 18.8 Å². The fraction of sp³-hybridized carbons (Fsp3) is 0.909. The third kappa shape index (κ3) is 6.35. The molecule has 2 N–H and O–H groups in total. The zero-order chi connectivity index (χ0) is 12.6. The van der Waals surface area contributed by atoms with Crippen molar-refractivity contribution in [3.05, 3.63) is 0 Å². The molecule has 0 aliphatic heterocycles. The van der Waals surface area contributed by atoms with E-state index in [9.17, 15) is 9.90 Å². The van der Waals surface area contributed by atoms with Crippen molar-refractivity contribution in [1.29, 1.82) is 0 Å². The largest absolute Gasteiger partial charge is 0.480 e. The fourth-order valence-corrected chi connectivity index (χ4v) is 2.47. The molecule has 1 atom stereocenters. The molecule has 0 aliphatic carbocycles. The van der Waals surface area contributed by atoms with E-state index in [1.807, 2.05) is 13.8 Å². The van der Waals surface area contributed by atoms with Gasteiger partial charge in [-0.05, 0) is 32.9 Å². The number of ether oxygens (including phenoxy) is 1. The van der Waals surface area contributed by atoms with Gasteiger partial charge in [-0.2, -0.15) is 11.8 Å². The van der Waals surface area contributed by atoms with Gasteiger partial charge in [0.05, 0.1) is 0 Å². The lowest BCUT2D eigenvalue weighted by atomic mass is 10.1. The van der Waals surface area contributed by atoms with Gasteiger partial charge in [-0.3, -0.25) is 10.1 Å². The molecular weight excluding hydrogens is 226 g/mol. The minimum atomic E-state index is -0.841. The van der Waals surface area contributed by atoms with Gasteiger partial charge in [0, 0.05) is 25.5 Å². The van der Waals surface area contributed by atoms with Crippen molar-refractivity contribution in [2.45, 2.75) is 38.8 Å². The maximum atomic E-state index is 11.2. The summed E-state index contributed by atoms with van der Waals surface area (Å²) >= 11 is 1.65. The van der Waals surface area contributed by atoms with Crippen molar-refractivity contribution in [1.82, 2.24) is 5.32 Å². The van der Waals surface area contributed by atoms with E-state index in [1.165, 1.54) is 0 Å². The summed E-state index contributed by atoms with van der Waals surface area (Å²) in [6, 6.07) is 0.167. The second kappa shape index (κ2) is 7.92. The number of thioether (sulfide) groups is 1. The monoisotopic (exact) mass is 249 g/mol. The first-order valence-corrected chi connectivity index (χ1v) is 6.65. The molecule has 0 fully saturated rings. The summed E-state index contributed by atoms with van der Waals surface area (Å²) in [4.78, 5) is 11.2. The van der Waals surface area contributed by atoms with Crippen LogP contribution in [-0.4, -0.2) is 47.9 Å². The first-order chi connectivity index (χ1) is 7.42. The summed E-state index contributed by atoms with van der Waals surface area (Å²) in [5.74, 6) is 0.709. The van der Waals surface area contributed by atoms with Crippen molar-refractivity contribution in [2.75, 3.05) is 25.2 Å². The fourth-order valence-electron chi connectivity index (χ4n) is 1.38. The van der Waals surface area contributed by atoms with Gasteiger partial charge in [0.2, 0.25) is 0 Å². The van der Waals surface area contributed by atoms with Gasteiger partial charge < -0.3 is 9.84 Å². The van der Waals surface area contributed by atoms with Crippen LogP contribution in [0, 0.1) is 0 Å². The molecule has 0 aromatic rings. The van der Waals surface area contributed by atoms with E-state index in [4.69, 9.17) is 4.74 Å². The Morgan fingerprint density at radius 1 is 1.56 bits per heavy atom. The number of hydrogen-bond donors (Lipinski definition) is 2. The highest BCUT2D eigenvalue weighted by atomic mass is 32.2. The Balaban J connectivity index is 3.98. The quantitative estimate of drug-likeness (QED) is 0.608. The molecule has 1 unspecified atom stereocenters. The van der Waals surface area contributed by atoms with Gasteiger partial charge >= 0.3 is 5.97 Å². The molecule has 0 aromatic heterocycles. The van der Waals surface area contributed by atoms with Crippen LogP contribution in [0.2, 0.25) is 0 Å². The Hall–Kier alpha value is -0.260. The molecule has 4 nitrogen and oxygen atoms in total. The van der Waals surface area contributed by atoms with E-state index < -0.39 is 11.5 Å². The maximum Gasteiger partial charge on any atom is 0.324 e. The Bertz CT molecular complexity index is 211. The molecule has 0 saturated carbocycles. The SMILES string of the molecule is COCCCSCC(C)(NC(C)C)C(=O)O. The molecule has 0 aliphatic rings. The van der Waals surface area contributed by atoms with Gasteiger partial charge in [0.15, 0.2) is 0 Å². The topological polar surface area (TPSA) is 58.6 Å². The van der Waals surface area contributed by atoms with Crippen LogP contribution in [0.15, 0.2) is 0 Å². The van der Waals surface area contributed by atoms with Crippen LogP contribution in [0.5, 0.6) is 0 Å². The zero-order valence-corrected chi connectivity index (χ0v) is 11.4. The third-order valence-corrected chi connectivity index (χ3v) is 3.47. The van der Waals surface area contributed by atoms with Crippen LogP contribution in [0.4, 0.5) is 0 Å². The van der Waals surface area contributed by atoms with E-state index in [0.29, 0.717) is 5.75 Å². The number of nitrogens with one attached hydrogen (secondary N) is 1. The molecule has 0 rings (SSSR count). The molecule has 16 heavy (non-hydrogen) atoms. The lowest BCUT2D eigenvalue weighted by molar-refractivity contribution is -0.143. The predicted octanol–water partition coefficient (Wildman–Crippen LogP) is 1.60. The maximum absolute atomic E-state index is 11.2. The highest BCUT2D eigenvalue weighted by Crippen LogP contribution is 2.15. The summed E-state index contributed by atoms with van der Waals surface area (Å²) in [5.41, 5.74) is -0.841. The smallest absolute Gasteiger partial charge is 0.324 e. The summed E-state index contributed by atoms with van der Waals surface area (Å²) < 4.78 is 4.94. The van der Waals surface area contributed by atoms with Crippen LogP contribution in [0.1, 0.15) is 27.2 Å². The molecule has 0 amide bonds. The normalized spacial score (nSPS) is 15.1. The molecule has 0 bridgehead atoms. The van der Waals surface area contributed by atoms with Gasteiger partial charge in [0.25, 0.3) is 0 Å². The third-order valence-electron chi connectivity index (χ3n) is 2.11. The standard InChI is InChI=1S/C11H23NO3S/c1-9(2)12-11(3,10(13)14)8-16-7-5-6-15-4/h9,12H,5-8H2,1-4H3,(H,13,14). The van der Waals surface area contributed by atoms with Crippen LogP contribution in [-0.2, 0) is 9.53 Å². The molecular formula is C11H23NO3S. The Morgan fingerprint density at radius 3 is 2.62 bits per heavy atom. The second-order valence-corrected chi connectivity index (χ2v) is 5.44. The molecule has 5 heteroatoms. The number of aliphatic carboxylic acids is 1. The second-order valence-electron chi connectivity index (χ2n) is 4.34. The Morgan fingerprint density at radius 2 is 2.19 bits per heavy atom. The van der Waals surface area contributed by atoms with Crippen LogP contribution < -0.4 is 5.32 Å². The highest BCUT2D eigenvalue weighted by molar-refractivity contribution is 7.99. The summed E-state index contributed by atoms with van der Waals surface area (Å²) in [5, 5.41) is 12.3. The summed E-state index contributed by atoms with van der Waals surface area (Å²) in [7, 11) is 1.67. The molecule has 96 valence electrons. The molecule has 0 spiro atoms. The van der Waals surface area contributed by atoms with Gasteiger partial charge in [0.1, 0.15) is 5.54 Å². The molecule has 0 aromatic carbocycles. The molecule has 0 radical (unpaired) electrons. The number of carbonyl (C=O) groups is 1. The predicted molar refractivity (Wildman–Crippen MR) is 68.1 cm³/mol. The van der Waals surface area contributed by atoms with Gasteiger partial charge in [-0.15, -0.1) is 0 Å². The van der Waals surface area contributed by atoms with Crippen LogP contribution in [0.25, 0.3) is 0 Å². The van der Waals surface area contributed by atoms with Gasteiger partial charge in [-0.1, -0.05) is 0 Å². The first-order valence-electron chi connectivity index (χ1n) is 5.50. The average molecular weight is 249 g/mol. The number of carboxylic acid groups (broad SMARTS) is 1. The van der Waals surface area contributed by atoms with Crippen molar-refractivity contribution in [2.24, 2.45) is 0 Å². The van der Waals surface area contributed by atoms with Crippen LogP contribution >= 0.6 is 11.8 Å². The van der Waals surface area contributed by atoms with E-state index in [1.54, 1.807) is 25.8 Å². The Labute approximate surface area is 102 Å². The molecule has 0 saturated heterocycles. The highest BCUT2D eigenvalue weighted by Gasteiger charge is 2.33. The Kier molecular flexibility index (Phi) is 7.80. The summed E-state index contributed by atoms with van der Waals surface area (Å²) in [6.07, 6.45) is 0.957. The minimum Gasteiger partial charge on any atom is -0.480 e. The van der Waals surface area contributed by atoms with E-state index in [2.05, 4.69) is 5.32 Å². The molecule has 0 heterocycles. The van der Waals surface area contributed by atoms with Crippen molar-refractivity contribution >= 4 is 17.7 Å². The van der Waals surface area contributed by atoms with Crippen molar-refractivity contribution in [3.8, 4) is 0 Å². The number of methoxy groups -OCH3 is 1. The zero-order valence-electron chi connectivity index (χ0n) is 10.6. The lowest BCUT2D eigenvalue weighted by Gasteiger charge is -2.28. The van der Waals surface area contributed by atoms with Crippen molar-refractivity contribution in [3.63, 3.8) is 0 Å². The number of hydrogen-bond acceptors (Lipinski definition) is 4. The van der Waals surface area contributed by atoms with Crippen molar-refractivity contribution < 1.29 is 14.6 Å². The lowest BCUT2D eigenvalue weighted by Crippen LogP contribution is -2.54. The number of carboxylic acids is 1. The van der Waals surface area contributed by atoms with Gasteiger partial charge in [-0.25, -0.2) is 0 Å². The average Bonchev–Trinajstić information content (AvgIpc) is 2.16. The number of rotatable bonds is 9. The first kappa shape index (κ1) is 15.7.